The number of pyridine rings is 1. The van der Waals surface area contributed by atoms with Gasteiger partial charge in [-0.2, -0.15) is 4.39 Å². The fourth-order valence-corrected chi connectivity index (χ4v) is 3.53. The maximum Gasteiger partial charge on any atom is 0.331 e. The van der Waals surface area contributed by atoms with Crippen LogP contribution in [0.25, 0.3) is 0 Å². The van der Waals surface area contributed by atoms with Gasteiger partial charge in [0.2, 0.25) is 5.82 Å². The number of hydrogen-bond acceptors (Lipinski definition) is 7. The molecular weight excluding hydrogens is 357 g/mol. The molecule has 0 aliphatic rings. The molecule has 0 aliphatic carbocycles. The van der Waals surface area contributed by atoms with Crippen molar-refractivity contribution in [2.45, 2.75) is 24.6 Å². The molecule has 0 unspecified atom stereocenters. The molecule has 0 saturated heterocycles. The third-order valence-electron chi connectivity index (χ3n) is 2.72. The number of halogens is 1. The minimum Gasteiger partial charge on any atom is -0.444 e. The van der Waals surface area contributed by atoms with E-state index in [0.717, 1.165) is 15.3 Å². The Morgan fingerprint density at radius 3 is 2.96 bits per heavy atom. The predicted octanol–water partition coefficient (Wildman–Crippen LogP) is 1.79. The lowest BCUT2D eigenvalue weighted by molar-refractivity contribution is -0.147. The van der Waals surface area contributed by atoms with E-state index in [-0.39, 0.29) is 6.42 Å². The summed E-state index contributed by atoms with van der Waals surface area (Å²) in [6.07, 6.45) is 3.18. The third-order valence-corrected chi connectivity index (χ3v) is 5.07. The highest BCUT2D eigenvalue weighted by atomic mass is 33.1. The molecule has 10 heteroatoms. The molecular formula is C14H14FN3O4S2. The number of esters is 1. The van der Waals surface area contributed by atoms with Crippen LogP contribution in [0.2, 0.25) is 0 Å². The Balaban J connectivity index is 1.66. The van der Waals surface area contributed by atoms with Gasteiger partial charge in [0.05, 0.1) is 6.20 Å². The molecule has 2 aromatic rings. The summed E-state index contributed by atoms with van der Waals surface area (Å²) in [6.45, 7) is -0.443. The van der Waals surface area contributed by atoms with Crippen molar-refractivity contribution in [3.8, 4) is 0 Å². The van der Waals surface area contributed by atoms with Gasteiger partial charge in [0.25, 0.3) is 5.56 Å². The van der Waals surface area contributed by atoms with Crippen LogP contribution in [0, 0.1) is 5.82 Å². The van der Waals surface area contributed by atoms with Gasteiger partial charge in [-0.3, -0.25) is 19.1 Å². The molecule has 0 bridgehead atoms. The van der Waals surface area contributed by atoms with Crippen molar-refractivity contribution in [3.05, 3.63) is 57.2 Å². The van der Waals surface area contributed by atoms with Crippen LogP contribution in [0.1, 0.15) is 12.8 Å². The highest BCUT2D eigenvalue weighted by molar-refractivity contribution is 8.76. The van der Waals surface area contributed by atoms with Gasteiger partial charge in [0.15, 0.2) is 6.73 Å². The fraction of sp³-hybridized carbons (Fsp3) is 0.286. The number of carbonyl (C=O) groups excluding carboxylic acids is 1. The summed E-state index contributed by atoms with van der Waals surface area (Å²) in [7, 11) is 3.09. The predicted molar refractivity (Wildman–Crippen MR) is 89.2 cm³/mol. The van der Waals surface area contributed by atoms with Crippen LogP contribution in [-0.2, 0) is 16.3 Å². The summed E-state index contributed by atoms with van der Waals surface area (Å²) >= 11 is 0. The van der Waals surface area contributed by atoms with Crippen molar-refractivity contribution < 1.29 is 13.9 Å². The second-order valence-electron chi connectivity index (χ2n) is 4.53. The third kappa shape index (κ3) is 5.85. The van der Waals surface area contributed by atoms with Gasteiger partial charge in [-0.1, -0.05) is 16.9 Å². The van der Waals surface area contributed by atoms with Crippen LogP contribution in [0.4, 0.5) is 4.39 Å². The van der Waals surface area contributed by atoms with Gasteiger partial charge in [0, 0.05) is 18.4 Å². The van der Waals surface area contributed by atoms with Crippen LogP contribution in [0.15, 0.2) is 45.2 Å². The van der Waals surface area contributed by atoms with E-state index < -0.39 is 29.8 Å². The Hall–Kier alpha value is -2.07. The van der Waals surface area contributed by atoms with E-state index in [1.54, 1.807) is 22.0 Å². The Bertz CT molecular complexity index is 795. The number of nitrogens with one attached hydrogen (secondary N) is 1. The molecule has 0 radical (unpaired) electrons. The molecule has 2 rings (SSSR count). The first-order valence-electron chi connectivity index (χ1n) is 6.91. The van der Waals surface area contributed by atoms with Gasteiger partial charge in [-0.15, -0.1) is 0 Å². The van der Waals surface area contributed by atoms with E-state index in [9.17, 15) is 18.8 Å². The van der Waals surface area contributed by atoms with Gasteiger partial charge in [0.1, 0.15) is 5.03 Å². The van der Waals surface area contributed by atoms with Crippen molar-refractivity contribution >= 4 is 27.6 Å². The molecule has 2 aromatic heterocycles. The molecule has 7 nitrogen and oxygen atoms in total. The highest BCUT2D eigenvalue weighted by Crippen LogP contribution is 2.29. The summed E-state index contributed by atoms with van der Waals surface area (Å²) in [4.78, 5) is 39.8. The minimum absolute atomic E-state index is 0.177. The number of aromatic amines is 1. The zero-order chi connectivity index (χ0) is 17.4. The number of rotatable bonds is 8. The lowest BCUT2D eigenvalue weighted by Crippen LogP contribution is -2.32. The van der Waals surface area contributed by atoms with E-state index in [0.29, 0.717) is 12.6 Å². The average molecular weight is 371 g/mol. The number of hydrogen-bond donors (Lipinski definition) is 1. The summed E-state index contributed by atoms with van der Waals surface area (Å²) < 4.78 is 18.7. The summed E-state index contributed by atoms with van der Waals surface area (Å²) in [5.74, 6) is -0.894. The SMILES string of the molecule is O=C(CCCSSc1ccccn1)OCn1cc(F)c(=O)[nH]c1=O. The Labute approximate surface area is 144 Å². The summed E-state index contributed by atoms with van der Waals surface area (Å²) in [5, 5.41) is 0.893. The largest absolute Gasteiger partial charge is 0.444 e. The Morgan fingerprint density at radius 1 is 1.38 bits per heavy atom. The van der Waals surface area contributed by atoms with E-state index in [1.807, 2.05) is 18.2 Å². The van der Waals surface area contributed by atoms with Gasteiger partial charge < -0.3 is 4.74 Å². The molecule has 24 heavy (non-hydrogen) atoms. The molecule has 2 heterocycles. The second kappa shape index (κ2) is 9.28. The number of aromatic nitrogens is 3. The number of nitrogens with zero attached hydrogens (tertiary/aromatic N) is 2. The zero-order valence-electron chi connectivity index (χ0n) is 12.4. The van der Waals surface area contributed by atoms with E-state index in [4.69, 9.17) is 4.74 Å². The van der Waals surface area contributed by atoms with Gasteiger partial charge in [-0.05, 0) is 29.3 Å². The Morgan fingerprint density at radius 2 is 2.21 bits per heavy atom. The molecule has 0 spiro atoms. The van der Waals surface area contributed by atoms with E-state index >= 15 is 0 Å². The summed E-state index contributed by atoms with van der Waals surface area (Å²) in [5.41, 5.74) is -1.94. The molecule has 128 valence electrons. The van der Waals surface area contributed by atoms with Crippen LogP contribution in [0.3, 0.4) is 0 Å². The second-order valence-corrected chi connectivity index (χ2v) is 6.96. The fourth-order valence-electron chi connectivity index (χ4n) is 1.57. The zero-order valence-corrected chi connectivity index (χ0v) is 14.1. The maximum atomic E-state index is 13.1. The monoisotopic (exact) mass is 371 g/mol. The standard InChI is InChI=1S/C14H14FN3O4S2/c15-10-8-18(14(21)17-13(10)20)9-22-12(19)5-3-7-23-24-11-4-1-2-6-16-11/h1-2,4,6,8H,3,5,7,9H2,(H,17,20,21). The maximum absolute atomic E-state index is 13.1. The minimum atomic E-state index is -1.12. The molecule has 0 fully saturated rings. The number of H-pyrrole nitrogens is 1. The normalized spacial score (nSPS) is 10.5. The topological polar surface area (TPSA) is 94.0 Å². The lowest BCUT2D eigenvalue weighted by Gasteiger charge is -2.06. The first-order valence-corrected chi connectivity index (χ1v) is 9.23. The van der Waals surface area contributed by atoms with Crippen molar-refractivity contribution in [2.75, 3.05) is 5.75 Å². The van der Waals surface area contributed by atoms with Crippen molar-refractivity contribution in [3.63, 3.8) is 0 Å². The molecule has 0 aromatic carbocycles. The van der Waals surface area contributed by atoms with E-state index in [2.05, 4.69) is 4.98 Å². The molecule has 0 atom stereocenters. The molecule has 1 N–H and O–H groups in total. The van der Waals surface area contributed by atoms with Crippen LogP contribution in [0.5, 0.6) is 0 Å². The molecule has 0 amide bonds. The van der Waals surface area contributed by atoms with Gasteiger partial charge >= 0.3 is 11.7 Å². The molecule has 0 saturated carbocycles. The first-order chi connectivity index (χ1) is 11.6. The first kappa shape index (κ1) is 18.3. The van der Waals surface area contributed by atoms with Crippen LogP contribution < -0.4 is 11.2 Å². The van der Waals surface area contributed by atoms with Crippen molar-refractivity contribution in [1.29, 1.82) is 0 Å². The lowest BCUT2D eigenvalue weighted by atomic mass is 10.3. The number of carbonyl (C=O) groups is 1. The van der Waals surface area contributed by atoms with Crippen molar-refractivity contribution in [2.24, 2.45) is 0 Å². The van der Waals surface area contributed by atoms with E-state index in [1.165, 1.54) is 10.8 Å². The van der Waals surface area contributed by atoms with Crippen LogP contribution >= 0.6 is 21.6 Å². The van der Waals surface area contributed by atoms with Crippen molar-refractivity contribution in [1.82, 2.24) is 14.5 Å². The summed E-state index contributed by atoms with van der Waals surface area (Å²) in [6, 6.07) is 5.63. The average Bonchev–Trinajstić information content (AvgIpc) is 2.57. The Kier molecular flexibility index (Phi) is 7.07. The highest BCUT2D eigenvalue weighted by Gasteiger charge is 2.07. The number of ether oxygens (including phenoxy) is 1. The molecule has 0 aliphatic heterocycles. The quantitative estimate of drug-likeness (QED) is 0.429. The van der Waals surface area contributed by atoms with Gasteiger partial charge in [-0.25, -0.2) is 9.78 Å². The van der Waals surface area contributed by atoms with Crippen LogP contribution in [-0.4, -0.2) is 26.3 Å². The smallest absolute Gasteiger partial charge is 0.331 e.